The molecule has 2 aromatic rings. The average Bonchev–Trinajstić information content (AvgIpc) is 3.00. The van der Waals surface area contributed by atoms with Gasteiger partial charge < -0.3 is 10.1 Å². The van der Waals surface area contributed by atoms with Crippen molar-refractivity contribution in [3.63, 3.8) is 0 Å². The van der Waals surface area contributed by atoms with Gasteiger partial charge in [-0.25, -0.2) is 13.6 Å². The van der Waals surface area contributed by atoms with E-state index in [9.17, 15) is 18.4 Å². The van der Waals surface area contributed by atoms with Gasteiger partial charge in [0, 0.05) is 23.5 Å². The van der Waals surface area contributed by atoms with Gasteiger partial charge in [-0.2, -0.15) is 0 Å². The third kappa shape index (κ3) is 4.51. The standard InChI is InChI=1S/C19H20F2N2O3S.ClH/c1-3-7-23-8-6-12-15(10-23)27-18(16(12)19(25)26-2)22-17(24)11-4-5-13(20)14(21)9-11;/h4-5,9H,3,6-8,10H2,1-2H3,(H,22,24);1H. The van der Waals surface area contributed by atoms with E-state index in [4.69, 9.17) is 4.74 Å². The minimum atomic E-state index is -1.10. The first-order valence-corrected chi connectivity index (χ1v) is 9.47. The second-order valence-electron chi connectivity index (χ2n) is 6.31. The maximum Gasteiger partial charge on any atom is 0.341 e. The number of amides is 1. The van der Waals surface area contributed by atoms with E-state index < -0.39 is 23.5 Å². The molecule has 0 radical (unpaired) electrons. The maximum atomic E-state index is 13.4. The number of nitrogens with one attached hydrogen (secondary N) is 1. The Balaban J connectivity index is 0.00000280. The first-order chi connectivity index (χ1) is 12.9. The fourth-order valence-electron chi connectivity index (χ4n) is 3.18. The molecule has 9 heteroatoms. The predicted octanol–water partition coefficient (Wildman–Crippen LogP) is 4.26. The van der Waals surface area contributed by atoms with Crippen LogP contribution >= 0.6 is 23.7 Å². The van der Waals surface area contributed by atoms with Crippen LogP contribution in [0.5, 0.6) is 0 Å². The molecular weight excluding hydrogens is 410 g/mol. The highest BCUT2D eigenvalue weighted by Gasteiger charge is 2.29. The number of esters is 1. The number of fused-ring (bicyclic) bond motifs is 1. The van der Waals surface area contributed by atoms with E-state index in [0.29, 0.717) is 23.5 Å². The molecule has 5 nitrogen and oxygen atoms in total. The third-order valence-corrected chi connectivity index (χ3v) is 5.61. The summed E-state index contributed by atoms with van der Waals surface area (Å²) in [5.41, 5.74) is 1.22. The summed E-state index contributed by atoms with van der Waals surface area (Å²) in [4.78, 5) is 28.1. The van der Waals surface area contributed by atoms with Gasteiger partial charge in [0.25, 0.3) is 5.91 Å². The first-order valence-electron chi connectivity index (χ1n) is 8.66. The second kappa shape index (κ2) is 9.45. The number of thiophene rings is 1. The molecule has 28 heavy (non-hydrogen) atoms. The summed E-state index contributed by atoms with van der Waals surface area (Å²) in [6, 6.07) is 2.93. The van der Waals surface area contributed by atoms with E-state index >= 15 is 0 Å². The minimum Gasteiger partial charge on any atom is -0.465 e. The maximum absolute atomic E-state index is 13.4. The van der Waals surface area contributed by atoms with E-state index in [-0.39, 0.29) is 18.0 Å². The molecule has 0 fully saturated rings. The summed E-state index contributed by atoms with van der Waals surface area (Å²) >= 11 is 1.32. The van der Waals surface area contributed by atoms with Crippen LogP contribution in [0.1, 0.15) is 44.5 Å². The van der Waals surface area contributed by atoms with Crippen LogP contribution in [0.3, 0.4) is 0 Å². The predicted molar refractivity (Wildman–Crippen MR) is 106 cm³/mol. The van der Waals surface area contributed by atoms with Crippen molar-refractivity contribution in [2.45, 2.75) is 26.3 Å². The van der Waals surface area contributed by atoms with E-state index in [2.05, 4.69) is 17.1 Å². The number of hydrogen-bond acceptors (Lipinski definition) is 5. The lowest BCUT2D eigenvalue weighted by molar-refractivity contribution is 0.0600. The van der Waals surface area contributed by atoms with Crippen LogP contribution < -0.4 is 5.32 Å². The fraction of sp³-hybridized carbons (Fsp3) is 0.368. The first kappa shape index (κ1) is 22.3. The largest absolute Gasteiger partial charge is 0.465 e. The zero-order valence-corrected chi connectivity index (χ0v) is 17.1. The van der Waals surface area contributed by atoms with Crippen LogP contribution in [0.4, 0.5) is 13.8 Å². The van der Waals surface area contributed by atoms with Gasteiger partial charge in [-0.15, -0.1) is 23.7 Å². The number of anilines is 1. The molecular formula is C19H21ClF2N2O3S. The Morgan fingerprint density at radius 1 is 1.29 bits per heavy atom. The summed E-state index contributed by atoms with van der Waals surface area (Å²) in [5.74, 6) is -3.25. The molecule has 0 spiro atoms. The SMILES string of the molecule is CCCN1CCc2c(sc(NC(=O)c3ccc(F)c(F)c3)c2C(=O)OC)C1.Cl. The monoisotopic (exact) mass is 430 g/mol. The zero-order valence-electron chi connectivity index (χ0n) is 15.5. The molecule has 1 amide bonds. The van der Waals surface area contributed by atoms with Gasteiger partial charge in [0.15, 0.2) is 11.6 Å². The molecule has 1 aliphatic rings. The van der Waals surface area contributed by atoms with Crippen molar-refractivity contribution in [3.05, 3.63) is 51.4 Å². The highest BCUT2D eigenvalue weighted by molar-refractivity contribution is 7.17. The highest BCUT2D eigenvalue weighted by atomic mass is 35.5. The van der Waals surface area contributed by atoms with Crippen LogP contribution in [0.25, 0.3) is 0 Å². The number of carbonyl (C=O) groups is 2. The van der Waals surface area contributed by atoms with Crippen LogP contribution in [-0.4, -0.2) is 37.0 Å². The topological polar surface area (TPSA) is 58.6 Å². The second-order valence-corrected chi connectivity index (χ2v) is 7.41. The van der Waals surface area contributed by atoms with Gasteiger partial charge in [0.1, 0.15) is 5.00 Å². The lowest BCUT2D eigenvalue weighted by Crippen LogP contribution is -2.30. The summed E-state index contributed by atoms with van der Waals surface area (Å²) in [7, 11) is 1.29. The third-order valence-electron chi connectivity index (χ3n) is 4.47. The Kier molecular flexibility index (Phi) is 7.51. The summed E-state index contributed by atoms with van der Waals surface area (Å²) < 4.78 is 31.4. The van der Waals surface area contributed by atoms with Crippen molar-refractivity contribution in [2.24, 2.45) is 0 Å². The van der Waals surface area contributed by atoms with Crippen molar-refractivity contribution < 1.29 is 23.1 Å². The smallest absolute Gasteiger partial charge is 0.341 e. The number of methoxy groups -OCH3 is 1. The number of nitrogens with zero attached hydrogens (tertiary/aromatic N) is 1. The Morgan fingerprint density at radius 3 is 2.68 bits per heavy atom. The van der Waals surface area contributed by atoms with Gasteiger partial charge in [-0.05, 0) is 43.1 Å². The van der Waals surface area contributed by atoms with Crippen LogP contribution in [0.2, 0.25) is 0 Å². The Bertz CT molecular complexity index is 888. The van der Waals surface area contributed by atoms with E-state index in [1.54, 1.807) is 0 Å². The zero-order chi connectivity index (χ0) is 19.6. The number of halogens is 3. The lowest BCUT2D eigenvalue weighted by atomic mass is 10.0. The normalized spacial score (nSPS) is 13.4. The number of carbonyl (C=O) groups excluding carboxylic acids is 2. The molecule has 1 aromatic heterocycles. The van der Waals surface area contributed by atoms with E-state index in [1.165, 1.54) is 24.5 Å². The molecule has 152 valence electrons. The van der Waals surface area contributed by atoms with Gasteiger partial charge in [-0.3, -0.25) is 9.69 Å². The number of ether oxygens (including phenoxy) is 1. The van der Waals surface area contributed by atoms with Gasteiger partial charge >= 0.3 is 5.97 Å². The van der Waals surface area contributed by atoms with Gasteiger partial charge in [0.05, 0.1) is 12.7 Å². The average molecular weight is 431 g/mol. The van der Waals surface area contributed by atoms with Crippen molar-refractivity contribution in [1.29, 1.82) is 0 Å². The Morgan fingerprint density at radius 2 is 2.04 bits per heavy atom. The van der Waals surface area contributed by atoms with Crippen molar-refractivity contribution in [2.75, 3.05) is 25.5 Å². The Hall–Kier alpha value is -2.03. The molecule has 0 aliphatic carbocycles. The van der Waals surface area contributed by atoms with Gasteiger partial charge in [0.2, 0.25) is 0 Å². The van der Waals surface area contributed by atoms with Crippen LogP contribution in [0, 0.1) is 11.6 Å². The van der Waals surface area contributed by atoms with Crippen molar-refractivity contribution >= 4 is 40.6 Å². The van der Waals surface area contributed by atoms with Crippen LogP contribution in [-0.2, 0) is 17.7 Å². The lowest BCUT2D eigenvalue weighted by Gasteiger charge is -2.26. The van der Waals surface area contributed by atoms with Crippen molar-refractivity contribution in [3.8, 4) is 0 Å². The van der Waals surface area contributed by atoms with E-state index in [1.807, 2.05) is 0 Å². The summed E-state index contributed by atoms with van der Waals surface area (Å²) in [5, 5.41) is 3.04. The molecule has 1 aromatic carbocycles. The number of benzene rings is 1. The van der Waals surface area contributed by atoms with E-state index in [0.717, 1.165) is 42.1 Å². The van der Waals surface area contributed by atoms with Crippen LogP contribution in [0.15, 0.2) is 18.2 Å². The molecule has 0 atom stereocenters. The highest BCUT2D eigenvalue weighted by Crippen LogP contribution is 2.38. The quantitative estimate of drug-likeness (QED) is 0.720. The summed E-state index contributed by atoms with van der Waals surface area (Å²) in [6.07, 6.45) is 1.72. The number of hydrogen-bond donors (Lipinski definition) is 1. The molecule has 1 N–H and O–H groups in total. The summed E-state index contributed by atoms with van der Waals surface area (Å²) in [6.45, 7) is 4.61. The fourth-order valence-corrected chi connectivity index (χ4v) is 4.46. The Labute approximate surface area is 172 Å². The molecule has 1 aliphatic heterocycles. The van der Waals surface area contributed by atoms with Crippen molar-refractivity contribution in [1.82, 2.24) is 4.90 Å². The molecule has 0 unspecified atom stereocenters. The van der Waals surface area contributed by atoms with Gasteiger partial charge in [-0.1, -0.05) is 6.92 Å². The molecule has 2 heterocycles. The minimum absolute atomic E-state index is 0. The molecule has 0 saturated carbocycles. The number of rotatable bonds is 5. The molecule has 0 bridgehead atoms. The molecule has 3 rings (SSSR count). The molecule has 0 saturated heterocycles.